The fourth-order valence-corrected chi connectivity index (χ4v) is 4.55. The van der Waals surface area contributed by atoms with Gasteiger partial charge in [-0.25, -0.2) is 4.98 Å². The maximum Gasteiger partial charge on any atom is 0.417 e. The topological polar surface area (TPSA) is 89.9 Å². The van der Waals surface area contributed by atoms with Gasteiger partial charge in [0.2, 0.25) is 0 Å². The summed E-state index contributed by atoms with van der Waals surface area (Å²) < 4.78 is 40.1. The quantitative estimate of drug-likeness (QED) is 0.465. The highest BCUT2D eigenvalue weighted by Crippen LogP contribution is 2.34. The van der Waals surface area contributed by atoms with Crippen molar-refractivity contribution in [2.45, 2.75) is 18.5 Å². The van der Waals surface area contributed by atoms with Crippen molar-refractivity contribution in [3.05, 3.63) is 58.5 Å². The molecule has 7 nitrogen and oxygen atoms in total. The van der Waals surface area contributed by atoms with E-state index in [4.69, 9.17) is 17.3 Å². The molecule has 0 radical (unpaired) electrons. The lowest BCUT2D eigenvalue weighted by atomic mass is 10.0. The molecule has 1 unspecified atom stereocenters. The zero-order chi connectivity index (χ0) is 23.5. The van der Waals surface area contributed by atoms with E-state index in [1.807, 2.05) is 0 Å². The number of nitrogens with zero attached hydrogens (tertiary/aromatic N) is 5. The molecule has 1 atom stereocenters. The van der Waals surface area contributed by atoms with Crippen molar-refractivity contribution in [2.75, 3.05) is 18.8 Å². The SMILES string of the molecule is Cn1ncc2c(N)nc3cc(Cl)c(C(=O)N4CCC(c5ccc(C(F)(F)F)cn5)C4)cc3c21. The Kier molecular flexibility index (Phi) is 4.93. The number of halogens is 4. The number of pyridine rings is 2. The molecule has 0 saturated carbocycles. The second-order valence-corrected chi connectivity index (χ2v) is 8.49. The van der Waals surface area contributed by atoms with E-state index < -0.39 is 11.7 Å². The van der Waals surface area contributed by atoms with Crippen molar-refractivity contribution in [1.29, 1.82) is 0 Å². The first-order valence-corrected chi connectivity index (χ1v) is 10.5. The average molecular weight is 475 g/mol. The number of likely N-dealkylation sites (tertiary alicyclic amines) is 1. The number of aryl methyl sites for hydroxylation is 1. The van der Waals surface area contributed by atoms with Gasteiger partial charge < -0.3 is 10.6 Å². The molecule has 1 aliphatic rings. The first kappa shape index (κ1) is 21.4. The van der Waals surface area contributed by atoms with Gasteiger partial charge in [-0.2, -0.15) is 18.3 Å². The maximum absolute atomic E-state index is 13.3. The third kappa shape index (κ3) is 3.64. The normalized spacial score (nSPS) is 16.8. The van der Waals surface area contributed by atoms with E-state index in [1.165, 1.54) is 6.07 Å². The van der Waals surface area contributed by atoms with Gasteiger partial charge in [-0.15, -0.1) is 0 Å². The Hall–Kier alpha value is -3.40. The smallest absolute Gasteiger partial charge is 0.383 e. The highest BCUT2D eigenvalue weighted by atomic mass is 35.5. The monoisotopic (exact) mass is 474 g/mol. The molecule has 3 aromatic heterocycles. The van der Waals surface area contributed by atoms with Crippen LogP contribution >= 0.6 is 11.6 Å². The molecule has 5 rings (SSSR count). The minimum Gasteiger partial charge on any atom is -0.383 e. The number of fused-ring (bicyclic) bond motifs is 3. The molecule has 4 aromatic rings. The van der Waals surface area contributed by atoms with Crippen LogP contribution in [0.2, 0.25) is 5.02 Å². The van der Waals surface area contributed by atoms with Crippen molar-refractivity contribution in [3.8, 4) is 0 Å². The molecular formula is C22H18ClF3N6O. The molecule has 1 fully saturated rings. The van der Waals surface area contributed by atoms with Crippen LogP contribution in [-0.2, 0) is 13.2 Å². The Morgan fingerprint density at radius 3 is 2.70 bits per heavy atom. The number of amides is 1. The van der Waals surface area contributed by atoms with Crippen LogP contribution in [0.1, 0.15) is 34.0 Å². The Morgan fingerprint density at radius 2 is 2.00 bits per heavy atom. The van der Waals surface area contributed by atoms with Crippen LogP contribution in [0.15, 0.2) is 36.7 Å². The van der Waals surface area contributed by atoms with E-state index >= 15 is 0 Å². The molecule has 33 heavy (non-hydrogen) atoms. The van der Waals surface area contributed by atoms with Crippen LogP contribution in [0, 0.1) is 0 Å². The van der Waals surface area contributed by atoms with Crippen LogP contribution in [0.4, 0.5) is 19.0 Å². The highest BCUT2D eigenvalue weighted by Gasteiger charge is 2.33. The molecule has 2 N–H and O–H groups in total. The Bertz CT molecular complexity index is 1400. The summed E-state index contributed by atoms with van der Waals surface area (Å²) in [6.07, 6.45) is -1.39. The summed E-state index contributed by atoms with van der Waals surface area (Å²) >= 11 is 6.44. The van der Waals surface area contributed by atoms with Crippen LogP contribution in [-0.4, -0.2) is 43.6 Å². The van der Waals surface area contributed by atoms with E-state index in [9.17, 15) is 18.0 Å². The van der Waals surface area contributed by atoms with Gasteiger partial charge in [0.15, 0.2) is 0 Å². The minimum absolute atomic E-state index is 0.152. The van der Waals surface area contributed by atoms with Crippen LogP contribution in [0.3, 0.4) is 0 Å². The fourth-order valence-electron chi connectivity index (χ4n) is 4.31. The summed E-state index contributed by atoms with van der Waals surface area (Å²) in [5.41, 5.74) is 7.39. The third-order valence-electron chi connectivity index (χ3n) is 6.03. The van der Waals surface area contributed by atoms with E-state index in [0.717, 1.165) is 17.8 Å². The van der Waals surface area contributed by atoms with E-state index in [2.05, 4.69) is 15.1 Å². The molecule has 4 heterocycles. The van der Waals surface area contributed by atoms with Gasteiger partial charge in [-0.3, -0.25) is 14.5 Å². The van der Waals surface area contributed by atoms with Crippen LogP contribution in [0.25, 0.3) is 21.8 Å². The van der Waals surface area contributed by atoms with Gasteiger partial charge in [0.1, 0.15) is 5.82 Å². The Morgan fingerprint density at radius 1 is 1.21 bits per heavy atom. The molecule has 11 heteroatoms. The second kappa shape index (κ2) is 7.58. The summed E-state index contributed by atoms with van der Waals surface area (Å²) in [6.45, 7) is 0.786. The summed E-state index contributed by atoms with van der Waals surface area (Å²) in [5.74, 6) is -0.0867. The molecule has 0 bridgehead atoms. The summed E-state index contributed by atoms with van der Waals surface area (Å²) in [4.78, 5) is 23.3. The first-order valence-electron chi connectivity index (χ1n) is 10.2. The first-order chi connectivity index (χ1) is 15.6. The molecule has 0 aliphatic carbocycles. The zero-order valence-electron chi connectivity index (χ0n) is 17.4. The minimum atomic E-state index is -4.44. The molecule has 1 amide bonds. The summed E-state index contributed by atoms with van der Waals surface area (Å²) in [6, 6.07) is 5.70. The molecule has 170 valence electrons. The Labute approximate surface area is 191 Å². The average Bonchev–Trinajstić information content (AvgIpc) is 3.41. The molecular weight excluding hydrogens is 457 g/mol. The lowest BCUT2D eigenvalue weighted by Crippen LogP contribution is -2.28. The van der Waals surface area contributed by atoms with Crippen molar-refractivity contribution < 1.29 is 18.0 Å². The standard InChI is InChI=1S/C22H18ClF3N6O/c1-31-19-14-6-13(16(23)7-18(14)30-20(27)15(19)9-29-31)21(33)32-5-4-11(10-32)17-3-2-12(8-28-17)22(24,25)26/h2-3,6-9,11H,4-5,10H2,1H3,(H2,27,30). The van der Waals surface area contributed by atoms with Gasteiger partial charge >= 0.3 is 6.18 Å². The van der Waals surface area contributed by atoms with Gasteiger partial charge in [-0.1, -0.05) is 11.6 Å². The van der Waals surface area contributed by atoms with E-state index in [1.54, 1.807) is 35.0 Å². The van der Waals surface area contributed by atoms with Crippen LogP contribution < -0.4 is 5.73 Å². The molecule has 1 aliphatic heterocycles. The lowest BCUT2D eigenvalue weighted by molar-refractivity contribution is -0.137. The van der Waals surface area contributed by atoms with E-state index in [-0.39, 0.29) is 16.8 Å². The number of alkyl halides is 3. The van der Waals surface area contributed by atoms with Crippen molar-refractivity contribution >= 4 is 45.1 Å². The number of hydrogen-bond acceptors (Lipinski definition) is 5. The largest absolute Gasteiger partial charge is 0.417 e. The number of hydrogen-bond donors (Lipinski definition) is 1. The molecule has 0 spiro atoms. The van der Waals surface area contributed by atoms with Crippen LogP contribution in [0.5, 0.6) is 0 Å². The highest BCUT2D eigenvalue weighted by molar-refractivity contribution is 6.35. The number of carbonyl (C=O) groups excluding carboxylic acids is 1. The second-order valence-electron chi connectivity index (χ2n) is 8.08. The number of carbonyl (C=O) groups is 1. The predicted octanol–water partition coefficient (Wildman–Crippen LogP) is 4.40. The Balaban J connectivity index is 1.44. The number of anilines is 1. The predicted molar refractivity (Wildman–Crippen MR) is 118 cm³/mol. The van der Waals surface area contributed by atoms with Crippen molar-refractivity contribution in [3.63, 3.8) is 0 Å². The number of rotatable bonds is 2. The number of nitrogens with two attached hydrogens (primary N) is 1. The summed E-state index contributed by atoms with van der Waals surface area (Å²) in [5, 5.41) is 5.87. The third-order valence-corrected chi connectivity index (χ3v) is 6.35. The van der Waals surface area contributed by atoms with Gasteiger partial charge in [0.25, 0.3) is 5.91 Å². The zero-order valence-corrected chi connectivity index (χ0v) is 18.2. The van der Waals surface area contributed by atoms with Gasteiger partial charge in [0.05, 0.1) is 38.8 Å². The van der Waals surface area contributed by atoms with Gasteiger partial charge in [-0.05, 0) is 30.7 Å². The lowest BCUT2D eigenvalue weighted by Gasteiger charge is -2.18. The van der Waals surface area contributed by atoms with Crippen molar-refractivity contribution in [2.24, 2.45) is 7.05 Å². The number of nitrogen functional groups attached to an aromatic ring is 1. The number of aromatic nitrogens is 4. The summed E-state index contributed by atoms with van der Waals surface area (Å²) in [7, 11) is 1.78. The maximum atomic E-state index is 13.3. The number of benzene rings is 1. The molecule has 1 saturated heterocycles. The van der Waals surface area contributed by atoms with Crippen molar-refractivity contribution in [1.82, 2.24) is 24.6 Å². The van der Waals surface area contributed by atoms with E-state index in [0.29, 0.717) is 52.9 Å². The molecule has 1 aromatic carbocycles. The fraction of sp³-hybridized carbons (Fsp3) is 0.273. The van der Waals surface area contributed by atoms with Gasteiger partial charge in [0, 0.05) is 43.3 Å².